The van der Waals surface area contributed by atoms with Crippen LogP contribution >= 0.6 is 24.0 Å². The van der Waals surface area contributed by atoms with Crippen LogP contribution in [0.3, 0.4) is 0 Å². The van der Waals surface area contributed by atoms with Crippen molar-refractivity contribution in [2.24, 2.45) is 11.7 Å². The topological polar surface area (TPSA) is 66.6 Å². The second kappa shape index (κ2) is 10.00. The molecule has 140 valence electrons. The molecular weight excluding hydrogens is 361 g/mol. The van der Waals surface area contributed by atoms with E-state index in [1.54, 1.807) is 17.0 Å². The smallest absolute Gasteiger partial charge is 0.239 e. The van der Waals surface area contributed by atoms with Gasteiger partial charge in [0.05, 0.1) is 12.5 Å². The number of carbonyl (C=O) groups excluding carboxylic acids is 2. The van der Waals surface area contributed by atoms with E-state index in [0.717, 1.165) is 12.0 Å². The van der Waals surface area contributed by atoms with E-state index in [1.807, 2.05) is 30.9 Å². The van der Waals surface area contributed by atoms with E-state index in [-0.39, 0.29) is 30.1 Å². The molecular formula is C18H27Cl2N3O2. The van der Waals surface area contributed by atoms with Gasteiger partial charge >= 0.3 is 0 Å². The molecule has 2 rings (SSSR count). The van der Waals surface area contributed by atoms with E-state index < -0.39 is 6.04 Å². The summed E-state index contributed by atoms with van der Waals surface area (Å²) in [6.45, 7) is 6.25. The van der Waals surface area contributed by atoms with Crippen molar-refractivity contribution in [3.63, 3.8) is 0 Å². The fraction of sp³-hybridized carbons (Fsp3) is 0.556. The van der Waals surface area contributed by atoms with Crippen LogP contribution in [-0.2, 0) is 16.0 Å². The molecule has 0 spiro atoms. The zero-order chi connectivity index (χ0) is 17.7. The summed E-state index contributed by atoms with van der Waals surface area (Å²) < 4.78 is 0. The van der Waals surface area contributed by atoms with Gasteiger partial charge in [-0.3, -0.25) is 9.59 Å². The highest BCUT2D eigenvalue weighted by molar-refractivity contribution is 6.30. The van der Waals surface area contributed by atoms with Gasteiger partial charge in [-0.25, -0.2) is 0 Å². The van der Waals surface area contributed by atoms with Gasteiger partial charge in [0.2, 0.25) is 11.8 Å². The van der Waals surface area contributed by atoms with Crippen LogP contribution in [0, 0.1) is 5.92 Å². The van der Waals surface area contributed by atoms with E-state index in [1.165, 1.54) is 0 Å². The van der Waals surface area contributed by atoms with Gasteiger partial charge in [0.1, 0.15) is 0 Å². The minimum Gasteiger partial charge on any atom is -0.339 e. The van der Waals surface area contributed by atoms with Crippen LogP contribution in [0.5, 0.6) is 0 Å². The van der Waals surface area contributed by atoms with Crippen LogP contribution in [0.1, 0.15) is 25.8 Å². The van der Waals surface area contributed by atoms with Crippen LogP contribution in [0.25, 0.3) is 0 Å². The highest BCUT2D eigenvalue weighted by Crippen LogP contribution is 2.13. The number of rotatable bonds is 5. The summed E-state index contributed by atoms with van der Waals surface area (Å²) in [6, 6.07) is 6.86. The molecule has 7 heteroatoms. The Morgan fingerprint density at radius 1 is 1.12 bits per heavy atom. The lowest BCUT2D eigenvalue weighted by Gasteiger charge is -2.36. The maximum absolute atomic E-state index is 12.4. The van der Waals surface area contributed by atoms with Crippen LogP contribution in [0.2, 0.25) is 5.02 Å². The highest BCUT2D eigenvalue weighted by atomic mass is 35.5. The first-order chi connectivity index (χ1) is 11.4. The quantitative estimate of drug-likeness (QED) is 0.842. The lowest BCUT2D eigenvalue weighted by atomic mass is 9.98. The van der Waals surface area contributed by atoms with Gasteiger partial charge < -0.3 is 15.5 Å². The number of amides is 2. The number of hydrogen-bond donors (Lipinski definition) is 1. The third-order valence-corrected chi connectivity index (χ3v) is 5.01. The molecule has 5 nitrogen and oxygen atoms in total. The van der Waals surface area contributed by atoms with Crippen molar-refractivity contribution in [2.75, 3.05) is 26.2 Å². The van der Waals surface area contributed by atoms with Gasteiger partial charge in [-0.2, -0.15) is 0 Å². The standard InChI is InChI=1S/C18H26ClN3O2.ClH/c1-3-13(2)17(20)18(24)22-10-8-21(9-11-22)16(23)12-14-4-6-15(19)7-5-14;/h4-7,13,17H,3,8-12,20H2,1-2H3;1H. The minimum atomic E-state index is -0.452. The van der Waals surface area contributed by atoms with Gasteiger partial charge in [0.15, 0.2) is 0 Å². The van der Waals surface area contributed by atoms with E-state index in [2.05, 4.69) is 0 Å². The van der Waals surface area contributed by atoms with Crippen LogP contribution in [-0.4, -0.2) is 53.8 Å². The first-order valence-electron chi connectivity index (χ1n) is 8.49. The summed E-state index contributed by atoms with van der Waals surface area (Å²) in [4.78, 5) is 28.4. The first kappa shape index (κ1) is 21.7. The molecule has 1 saturated heterocycles. The maximum Gasteiger partial charge on any atom is 0.239 e. The number of nitrogens with two attached hydrogens (primary N) is 1. The molecule has 2 atom stereocenters. The molecule has 0 radical (unpaired) electrons. The van der Waals surface area contributed by atoms with Crippen molar-refractivity contribution in [3.8, 4) is 0 Å². The molecule has 2 unspecified atom stereocenters. The van der Waals surface area contributed by atoms with Gasteiger partial charge in [-0.05, 0) is 23.6 Å². The van der Waals surface area contributed by atoms with E-state index in [0.29, 0.717) is 37.6 Å². The average molecular weight is 388 g/mol. The molecule has 0 bridgehead atoms. The Morgan fingerprint density at radius 2 is 1.64 bits per heavy atom. The summed E-state index contributed by atoms with van der Waals surface area (Å²) in [5, 5.41) is 0.663. The van der Waals surface area contributed by atoms with E-state index in [9.17, 15) is 9.59 Å². The first-order valence-corrected chi connectivity index (χ1v) is 8.86. The van der Waals surface area contributed by atoms with E-state index >= 15 is 0 Å². The summed E-state index contributed by atoms with van der Waals surface area (Å²) >= 11 is 5.86. The third kappa shape index (κ3) is 5.87. The van der Waals surface area contributed by atoms with Gasteiger partial charge in [0, 0.05) is 31.2 Å². The second-order valence-electron chi connectivity index (χ2n) is 6.42. The molecule has 2 N–H and O–H groups in total. The zero-order valence-electron chi connectivity index (χ0n) is 14.8. The van der Waals surface area contributed by atoms with Gasteiger partial charge in [0.25, 0.3) is 0 Å². The third-order valence-electron chi connectivity index (χ3n) is 4.75. The zero-order valence-corrected chi connectivity index (χ0v) is 16.4. The number of halogens is 2. The Balaban J connectivity index is 0.00000312. The fourth-order valence-corrected chi connectivity index (χ4v) is 2.90. The van der Waals surface area contributed by atoms with E-state index in [4.69, 9.17) is 17.3 Å². The number of piperazine rings is 1. The Morgan fingerprint density at radius 3 is 2.16 bits per heavy atom. The van der Waals surface area contributed by atoms with Crippen molar-refractivity contribution < 1.29 is 9.59 Å². The fourth-order valence-electron chi connectivity index (χ4n) is 2.77. The van der Waals surface area contributed by atoms with Crippen molar-refractivity contribution in [1.82, 2.24) is 9.80 Å². The maximum atomic E-state index is 12.4. The lowest BCUT2D eigenvalue weighted by Crippen LogP contribution is -2.55. The molecule has 1 fully saturated rings. The Labute approximate surface area is 160 Å². The SMILES string of the molecule is CCC(C)C(N)C(=O)N1CCN(C(=O)Cc2ccc(Cl)cc2)CC1.Cl. The molecule has 1 aliphatic heterocycles. The summed E-state index contributed by atoms with van der Waals surface area (Å²) in [5.41, 5.74) is 6.97. The minimum absolute atomic E-state index is 0. The summed E-state index contributed by atoms with van der Waals surface area (Å²) in [5.74, 6) is 0.242. The molecule has 25 heavy (non-hydrogen) atoms. The average Bonchev–Trinajstić information content (AvgIpc) is 2.61. The van der Waals surface area contributed by atoms with Crippen molar-refractivity contribution in [1.29, 1.82) is 0 Å². The molecule has 2 amide bonds. The molecule has 1 aromatic rings. The molecule has 0 saturated carbocycles. The van der Waals surface area contributed by atoms with Crippen molar-refractivity contribution in [3.05, 3.63) is 34.9 Å². The summed E-state index contributed by atoms with van der Waals surface area (Å²) in [6.07, 6.45) is 1.24. The molecule has 0 aromatic heterocycles. The lowest BCUT2D eigenvalue weighted by molar-refractivity contribution is -0.140. The number of hydrogen-bond acceptors (Lipinski definition) is 3. The van der Waals surface area contributed by atoms with Crippen LogP contribution in [0.4, 0.5) is 0 Å². The largest absolute Gasteiger partial charge is 0.339 e. The number of benzene rings is 1. The van der Waals surface area contributed by atoms with Crippen molar-refractivity contribution in [2.45, 2.75) is 32.7 Å². The van der Waals surface area contributed by atoms with Gasteiger partial charge in [-0.15, -0.1) is 12.4 Å². The van der Waals surface area contributed by atoms with Crippen LogP contribution in [0.15, 0.2) is 24.3 Å². The Hall–Kier alpha value is -1.30. The summed E-state index contributed by atoms with van der Waals surface area (Å²) in [7, 11) is 0. The number of nitrogens with zero attached hydrogens (tertiary/aromatic N) is 2. The second-order valence-corrected chi connectivity index (χ2v) is 6.86. The highest BCUT2D eigenvalue weighted by Gasteiger charge is 2.29. The van der Waals surface area contributed by atoms with Crippen molar-refractivity contribution >= 4 is 35.8 Å². The molecule has 1 heterocycles. The monoisotopic (exact) mass is 387 g/mol. The molecule has 1 aromatic carbocycles. The predicted octanol–water partition coefficient (Wildman–Crippen LogP) is 2.35. The molecule has 1 aliphatic rings. The predicted molar refractivity (Wildman–Crippen MR) is 103 cm³/mol. The van der Waals surface area contributed by atoms with Crippen LogP contribution < -0.4 is 5.73 Å². The normalized spacial score (nSPS) is 16.8. The Kier molecular flexibility index (Phi) is 8.69. The number of carbonyl (C=O) groups is 2. The van der Waals surface area contributed by atoms with Gasteiger partial charge in [-0.1, -0.05) is 44.0 Å². The molecule has 0 aliphatic carbocycles. The Bertz CT molecular complexity index is 572.